The van der Waals surface area contributed by atoms with Crippen molar-refractivity contribution in [1.29, 1.82) is 0 Å². The number of nitrogens with one attached hydrogen (secondary N) is 1. The third-order valence-electron chi connectivity index (χ3n) is 4.11. The van der Waals surface area contributed by atoms with Crippen LogP contribution < -0.4 is 15.7 Å². The summed E-state index contributed by atoms with van der Waals surface area (Å²) in [5.74, 6) is 0.125. The maximum atomic E-state index is 12.2. The van der Waals surface area contributed by atoms with Crippen molar-refractivity contribution >= 4 is 33.3 Å². The molecule has 0 saturated carbocycles. The second-order valence-electron chi connectivity index (χ2n) is 6.15. The predicted octanol–water partition coefficient (Wildman–Crippen LogP) is 4.24. The molecule has 0 bridgehead atoms. The van der Waals surface area contributed by atoms with Crippen LogP contribution in [0, 0.1) is 6.92 Å². The van der Waals surface area contributed by atoms with Gasteiger partial charge in [0.05, 0.1) is 5.69 Å². The normalized spacial score (nSPS) is 10.8. The number of fused-ring (bicyclic) bond motifs is 1. The monoisotopic (exact) mass is 392 g/mol. The smallest absolute Gasteiger partial charge is 0.336 e. The molecule has 7 heteroatoms. The van der Waals surface area contributed by atoms with Crippen molar-refractivity contribution in [2.45, 2.75) is 6.92 Å². The van der Waals surface area contributed by atoms with Crippen molar-refractivity contribution in [3.8, 4) is 17.0 Å². The number of ether oxygens (including phenoxy) is 1. The Morgan fingerprint density at radius 1 is 1.18 bits per heavy atom. The summed E-state index contributed by atoms with van der Waals surface area (Å²) in [5, 5.41) is 5.95. The summed E-state index contributed by atoms with van der Waals surface area (Å²) in [5.41, 5.74) is 2.63. The lowest BCUT2D eigenvalue weighted by atomic mass is 10.1. The second kappa shape index (κ2) is 7.66. The average Bonchev–Trinajstić information content (AvgIpc) is 3.15. The molecule has 4 aromatic rings. The molecule has 1 N–H and O–H groups in total. The van der Waals surface area contributed by atoms with Crippen LogP contribution in [-0.2, 0) is 4.79 Å². The maximum Gasteiger partial charge on any atom is 0.336 e. The zero-order chi connectivity index (χ0) is 19.5. The summed E-state index contributed by atoms with van der Waals surface area (Å²) in [6, 6.07) is 16.3. The summed E-state index contributed by atoms with van der Waals surface area (Å²) in [7, 11) is 0. The number of benzene rings is 2. The first-order chi connectivity index (χ1) is 13.6. The van der Waals surface area contributed by atoms with Gasteiger partial charge in [-0.25, -0.2) is 9.78 Å². The second-order valence-corrected chi connectivity index (χ2v) is 7.01. The molecule has 0 atom stereocenters. The van der Waals surface area contributed by atoms with E-state index in [1.54, 1.807) is 18.2 Å². The topological polar surface area (TPSA) is 81.4 Å². The van der Waals surface area contributed by atoms with E-state index >= 15 is 0 Å². The van der Waals surface area contributed by atoms with Gasteiger partial charge in [-0.05, 0) is 24.6 Å². The molecule has 0 aliphatic heterocycles. The highest BCUT2D eigenvalue weighted by Crippen LogP contribution is 2.25. The van der Waals surface area contributed by atoms with Crippen molar-refractivity contribution in [1.82, 2.24) is 4.98 Å². The molecule has 28 heavy (non-hydrogen) atoms. The minimum atomic E-state index is -0.419. The van der Waals surface area contributed by atoms with Crippen LogP contribution in [0.4, 0.5) is 5.13 Å². The molecule has 4 rings (SSSR count). The van der Waals surface area contributed by atoms with Crippen molar-refractivity contribution in [2.75, 3.05) is 11.9 Å². The van der Waals surface area contributed by atoms with Gasteiger partial charge in [-0.15, -0.1) is 11.3 Å². The molecular formula is C21H16N2O4S. The van der Waals surface area contributed by atoms with Gasteiger partial charge in [0.1, 0.15) is 11.3 Å². The third kappa shape index (κ3) is 3.94. The minimum absolute atomic E-state index is 0.179. The molecule has 0 unspecified atom stereocenters. The lowest BCUT2D eigenvalue weighted by Crippen LogP contribution is -2.20. The summed E-state index contributed by atoms with van der Waals surface area (Å²) >= 11 is 1.35. The van der Waals surface area contributed by atoms with Crippen molar-refractivity contribution < 1.29 is 13.9 Å². The number of aryl methyl sites for hydroxylation is 1. The van der Waals surface area contributed by atoms with Crippen LogP contribution in [-0.4, -0.2) is 17.5 Å². The largest absolute Gasteiger partial charge is 0.484 e. The molecule has 0 aliphatic carbocycles. The fourth-order valence-corrected chi connectivity index (χ4v) is 3.51. The summed E-state index contributed by atoms with van der Waals surface area (Å²) in [6.45, 7) is 1.66. The number of carbonyl (C=O) groups is 1. The fourth-order valence-electron chi connectivity index (χ4n) is 2.77. The predicted molar refractivity (Wildman–Crippen MR) is 109 cm³/mol. The van der Waals surface area contributed by atoms with E-state index in [0.717, 1.165) is 22.2 Å². The van der Waals surface area contributed by atoms with Gasteiger partial charge < -0.3 is 9.15 Å². The van der Waals surface area contributed by atoms with E-state index in [1.165, 1.54) is 17.4 Å². The van der Waals surface area contributed by atoms with E-state index in [4.69, 9.17) is 9.15 Å². The Kier molecular flexibility index (Phi) is 4.90. The van der Waals surface area contributed by atoms with Gasteiger partial charge in [-0.1, -0.05) is 30.3 Å². The fraction of sp³-hybridized carbons (Fsp3) is 0.0952. The van der Waals surface area contributed by atoms with E-state index in [2.05, 4.69) is 10.3 Å². The molecule has 2 heterocycles. The first kappa shape index (κ1) is 17.9. The van der Waals surface area contributed by atoms with Crippen LogP contribution in [0.25, 0.3) is 22.2 Å². The van der Waals surface area contributed by atoms with Gasteiger partial charge in [-0.2, -0.15) is 0 Å². The molecule has 6 nitrogen and oxygen atoms in total. The number of anilines is 1. The van der Waals surface area contributed by atoms with E-state index in [1.807, 2.05) is 42.6 Å². The van der Waals surface area contributed by atoms with Crippen LogP contribution in [0.15, 0.2) is 69.2 Å². The highest BCUT2D eigenvalue weighted by Gasteiger charge is 2.10. The van der Waals surface area contributed by atoms with Crippen molar-refractivity contribution in [2.24, 2.45) is 0 Å². The molecule has 0 aliphatic rings. The number of rotatable bonds is 5. The number of nitrogens with zero attached hydrogens (tertiary/aromatic N) is 1. The Morgan fingerprint density at radius 3 is 2.82 bits per heavy atom. The van der Waals surface area contributed by atoms with Crippen LogP contribution in [0.2, 0.25) is 0 Å². The third-order valence-corrected chi connectivity index (χ3v) is 4.87. The van der Waals surface area contributed by atoms with Gasteiger partial charge in [0.2, 0.25) is 0 Å². The van der Waals surface area contributed by atoms with E-state index in [-0.39, 0.29) is 12.5 Å². The minimum Gasteiger partial charge on any atom is -0.484 e. The maximum absolute atomic E-state index is 12.2. The molecule has 0 spiro atoms. The Morgan fingerprint density at radius 2 is 2.00 bits per heavy atom. The number of hydrogen-bond acceptors (Lipinski definition) is 6. The molecular weight excluding hydrogens is 376 g/mol. The van der Waals surface area contributed by atoms with Gasteiger partial charge in [0, 0.05) is 28.5 Å². The van der Waals surface area contributed by atoms with Crippen LogP contribution in [0.3, 0.4) is 0 Å². The lowest BCUT2D eigenvalue weighted by Gasteiger charge is -2.07. The lowest BCUT2D eigenvalue weighted by molar-refractivity contribution is -0.118. The Balaban J connectivity index is 1.40. The van der Waals surface area contributed by atoms with Gasteiger partial charge in [0.15, 0.2) is 11.7 Å². The van der Waals surface area contributed by atoms with Gasteiger partial charge in [0.25, 0.3) is 5.91 Å². The van der Waals surface area contributed by atoms with Gasteiger partial charge >= 0.3 is 5.63 Å². The molecule has 0 fully saturated rings. The van der Waals surface area contributed by atoms with E-state index in [9.17, 15) is 9.59 Å². The molecule has 0 saturated heterocycles. The van der Waals surface area contributed by atoms with E-state index in [0.29, 0.717) is 16.5 Å². The first-order valence-corrected chi connectivity index (χ1v) is 9.44. The summed E-state index contributed by atoms with van der Waals surface area (Å²) < 4.78 is 10.7. The van der Waals surface area contributed by atoms with Crippen LogP contribution in [0.5, 0.6) is 5.75 Å². The molecule has 2 aromatic carbocycles. The SMILES string of the molecule is Cc1cc(=O)oc2cc(OCC(=O)Nc3nc(-c4ccccc4)cs3)ccc12. The standard InChI is InChI=1S/C21H16N2O4S/c1-13-9-20(25)27-18-10-15(7-8-16(13)18)26-11-19(24)23-21-22-17(12-28-21)14-5-3-2-4-6-14/h2-10,12H,11H2,1H3,(H,22,23,24). The van der Waals surface area contributed by atoms with E-state index < -0.39 is 5.63 Å². The molecule has 1 amide bonds. The Labute approximate surface area is 164 Å². The Bertz CT molecular complexity index is 1200. The number of hydrogen-bond donors (Lipinski definition) is 1. The highest BCUT2D eigenvalue weighted by molar-refractivity contribution is 7.14. The number of thiazole rings is 1. The zero-order valence-corrected chi connectivity index (χ0v) is 15.8. The average molecular weight is 392 g/mol. The molecule has 2 aromatic heterocycles. The highest BCUT2D eigenvalue weighted by atomic mass is 32.1. The zero-order valence-electron chi connectivity index (χ0n) is 15.0. The number of amides is 1. The van der Waals surface area contributed by atoms with Crippen LogP contribution in [0.1, 0.15) is 5.56 Å². The first-order valence-electron chi connectivity index (χ1n) is 8.56. The molecule has 140 valence electrons. The molecule has 0 radical (unpaired) electrons. The van der Waals surface area contributed by atoms with Crippen LogP contribution >= 0.6 is 11.3 Å². The Hall–Kier alpha value is -3.45. The summed E-state index contributed by atoms with van der Waals surface area (Å²) in [4.78, 5) is 28.1. The quantitative estimate of drug-likeness (QED) is 0.514. The summed E-state index contributed by atoms with van der Waals surface area (Å²) in [6.07, 6.45) is 0. The van der Waals surface area contributed by atoms with Gasteiger partial charge in [-0.3, -0.25) is 10.1 Å². The van der Waals surface area contributed by atoms with Crippen molar-refractivity contribution in [3.05, 3.63) is 76.0 Å². The van der Waals surface area contributed by atoms with Crippen molar-refractivity contribution in [3.63, 3.8) is 0 Å². The number of carbonyl (C=O) groups excluding carboxylic acids is 1. The number of aromatic nitrogens is 1.